The van der Waals surface area contributed by atoms with Gasteiger partial charge in [0.05, 0.1) is 13.0 Å². The molecule has 2 atom stereocenters. The van der Waals surface area contributed by atoms with Gasteiger partial charge in [-0.05, 0) is 6.42 Å². The molecule has 0 amide bonds. The van der Waals surface area contributed by atoms with Gasteiger partial charge in [0.2, 0.25) is 0 Å². The van der Waals surface area contributed by atoms with Crippen molar-refractivity contribution in [2.24, 2.45) is 11.8 Å². The van der Waals surface area contributed by atoms with Gasteiger partial charge in [-0.3, -0.25) is 4.79 Å². The number of carbonyl (C=O) groups is 1. The summed E-state index contributed by atoms with van der Waals surface area (Å²) in [6.07, 6.45) is 0.535. The van der Waals surface area contributed by atoms with Gasteiger partial charge in [0.1, 0.15) is 0 Å². The molecule has 1 saturated carbocycles. The summed E-state index contributed by atoms with van der Waals surface area (Å²) in [7, 11) is 4.54. The quantitative estimate of drug-likeness (QED) is 0.457. The molecule has 0 aromatic rings. The highest BCUT2D eigenvalue weighted by Crippen LogP contribution is 2.43. The van der Waals surface area contributed by atoms with E-state index in [1.54, 1.807) is 14.2 Å². The molecule has 0 aliphatic heterocycles. The van der Waals surface area contributed by atoms with E-state index in [1.165, 1.54) is 7.11 Å². The lowest BCUT2D eigenvalue weighted by molar-refractivity contribution is -0.147. The van der Waals surface area contributed by atoms with Gasteiger partial charge in [0.25, 0.3) is 0 Å². The Kier molecular flexibility index (Phi) is 3.05. The molecule has 1 rings (SSSR count). The minimum atomic E-state index is -0.269. The topological polar surface area (TPSA) is 44.8 Å². The lowest BCUT2D eigenvalue weighted by atomic mass is 10.3. The molecule has 70 valence electrons. The van der Waals surface area contributed by atoms with Gasteiger partial charge < -0.3 is 14.2 Å². The molecule has 1 fully saturated rings. The first-order chi connectivity index (χ1) is 5.74. The van der Waals surface area contributed by atoms with Crippen LogP contribution < -0.4 is 0 Å². The van der Waals surface area contributed by atoms with Crippen molar-refractivity contribution in [1.29, 1.82) is 0 Å². The third-order valence-electron chi connectivity index (χ3n) is 2.16. The summed E-state index contributed by atoms with van der Waals surface area (Å²) in [5, 5.41) is 0. The van der Waals surface area contributed by atoms with Crippen LogP contribution in [0.25, 0.3) is 0 Å². The van der Waals surface area contributed by atoms with Crippen molar-refractivity contribution in [3.63, 3.8) is 0 Å². The number of ether oxygens (including phenoxy) is 3. The molecule has 0 N–H and O–H groups in total. The molecule has 1 aliphatic rings. The third kappa shape index (κ3) is 1.76. The van der Waals surface area contributed by atoms with E-state index in [1.807, 2.05) is 0 Å². The fraction of sp³-hybridized carbons (Fsp3) is 0.875. The zero-order chi connectivity index (χ0) is 9.14. The van der Waals surface area contributed by atoms with Gasteiger partial charge in [-0.1, -0.05) is 0 Å². The Morgan fingerprint density at radius 2 is 1.92 bits per heavy atom. The maximum absolute atomic E-state index is 11.0. The number of hydrogen-bond donors (Lipinski definition) is 0. The second kappa shape index (κ2) is 3.87. The van der Waals surface area contributed by atoms with E-state index in [4.69, 9.17) is 9.47 Å². The van der Waals surface area contributed by atoms with E-state index in [2.05, 4.69) is 4.74 Å². The Labute approximate surface area is 71.8 Å². The smallest absolute Gasteiger partial charge is 0.309 e. The first-order valence-corrected chi connectivity index (χ1v) is 3.88. The predicted molar refractivity (Wildman–Crippen MR) is 41.4 cm³/mol. The van der Waals surface area contributed by atoms with Gasteiger partial charge in [0.15, 0.2) is 6.29 Å². The summed E-state index contributed by atoms with van der Waals surface area (Å²) in [6, 6.07) is 0. The lowest BCUT2D eigenvalue weighted by Gasteiger charge is -2.11. The fourth-order valence-corrected chi connectivity index (χ4v) is 1.38. The first kappa shape index (κ1) is 9.48. The highest BCUT2D eigenvalue weighted by Gasteiger charge is 2.49. The van der Waals surface area contributed by atoms with Crippen LogP contribution in [0.5, 0.6) is 0 Å². The van der Waals surface area contributed by atoms with Gasteiger partial charge in [-0.25, -0.2) is 0 Å². The monoisotopic (exact) mass is 174 g/mol. The Balaban J connectivity index is 2.35. The average Bonchev–Trinajstić information content (AvgIpc) is 2.86. The summed E-state index contributed by atoms with van der Waals surface area (Å²) >= 11 is 0. The molecule has 0 radical (unpaired) electrons. The lowest BCUT2D eigenvalue weighted by Crippen LogP contribution is -2.19. The van der Waals surface area contributed by atoms with Gasteiger partial charge >= 0.3 is 5.97 Å². The predicted octanol–water partition coefficient (Wildman–Crippen LogP) is 0.414. The SMILES string of the molecule is COC(=O)C1CC1C(OC)OC. The Bertz CT molecular complexity index is 164. The summed E-state index contributed by atoms with van der Waals surface area (Å²) in [5.41, 5.74) is 0. The molecule has 0 spiro atoms. The normalized spacial score (nSPS) is 27.3. The van der Waals surface area contributed by atoms with Crippen LogP contribution in [0.2, 0.25) is 0 Å². The van der Waals surface area contributed by atoms with Crippen molar-refractivity contribution in [2.45, 2.75) is 12.7 Å². The van der Waals surface area contributed by atoms with Crippen molar-refractivity contribution in [2.75, 3.05) is 21.3 Å². The molecular formula is C8H14O4. The fourth-order valence-electron chi connectivity index (χ4n) is 1.38. The summed E-state index contributed by atoms with van der Waals surface area (Å²) in [6.45, 7) is 0. The van der Waals surface area contributed by atoms with E-state index in [9.17, 15) is 4.79 Å². The van der Waals surface area contributed by atoms with Crippen LogP contribution in [0.4, 0.5) is 0 Å². The number of rotatable bonds is 4. The van der Waals surface area contributed by atoms with Gasteiger partial charge in [-0.15, -0.1) is 0 Å². The van der Waals surface area contributed by atoms with Gasteiger partial charge in [-0.2, -0.15) is 0 Å². The minimum Gasteiger partial charge on any atom is -0.469 e. The van der Waals surface area contributed by atoms with Crippen molar-refractivity contribution >= 4 is 5.97 Å². The molecular weight excluding hydrogens is 160 g/mol. The average molecular weight is 174 g/mol. The van der Waals surface area contributed by atoms with Crippen molar-refractivity contribution < 1.29 is 19.0 Å². The zero-order valence-corrected chi connectivity index (χ0v) is 7.57. The molecule has 1 aliphatic carbocycles. The van der Waals surface area contributed by atoms with E-state index in [-0.39, 0.29) is 24.1 Å². The summed E-state index contributed by atoms with van der Waals surface area (Å²) < 4.78 is 14.6. The third-order valence-corrected chi connectivity index (χ3v) is 2.16. The molecule has 12 heavy (non-hydrogen) atoms. The maximum atomic E-state index is 11.0. The Hall–Kier alpha value is -0.610. The van der Waals surface area contributed by atoms with Crippen LogP contribution >= 0.6 is 0 Å². The highest BCUT2D eigenvalue weighted by molar-refractivity contribution is 5.75. The number of hydrogen-bond acceptors (Lipinski definition) is 4. The molecule has 0 aromatic heterocycles. The first-order valence-electron chi connectivity index (χ1n) is 3.88. The summed E-state index contributed by atoms with van der Waals surface area (Å²) in [4.78, 5) is 11.0. The molecule has 4 heteroatoms. The number of esters is 1. The van der Waals surface area contributed by atoms with Crippen LogP contribution in [0, 0.1) is 11.8 Å². The standard InChI is InChI=1S/C8H14O4/c1-10-7(9)5-4-6(5)8(11-2)12-3/h5-6,8H,4H2,1-3H3. The number of methoxy groups -OCH3 is 3. The molecule has 0 aromatic carbocycles. The molecule has 0 bridgehead atoms. The Morgan fingerprint density at radius 1 is 1.33 bits per heavy atom. The van der Waals surface area contributed by atoms with E-state index >= 15 is 0 Å². The van der Waals surface area contributed by atoms with Crippen molar-refractivity contribution in [1.82, 2.24) is 0 Å². The van der Waals surface area contributed by atoms with Crippen LogP contribution in [-0.4, -0.2) is 33.6 Å². The van der Waals surface area contributed by atoms with E-state index in [0.717, 1.165) is 6.42 Å². The maximum Gasteiger partial charge on any atom is 0.309 e. The molecule has 4 nitrogen and oxygen atoms in total. The van der Waals surface area contributed by atoms with E-state index < -0.39 is 0 Å². The van der Waals surface area contributed by atoms with Crippen molar-refractivity contribution in [3.8, 4) is 0 Å². The van der Waals surface area contributed by atoms with Crippen molar-refractivity contribution in [3.05, 3.63) is 0 Å². The molecule has 0 saturated heterocycles. The summed E-state index contributed by atoms with van der Waals surface area (Å²) in [5.74, 6) is -0.0218. The molecule has 0 heterocycles. The zero-order valence-electron chi connectivity index (χ0n) is 7.57. The number of carbonyl (C=O) groups excluding carboxylic acids is 1. The van der Waals surface area contributed by atoms with Crippen LogP contribution in [-0.2, 0) is 19.0 Å². The van der Waals surface area contributed by atoms with Gasteiger partial charge in [0, 0.05) is 20.1 Å². The Morgan fingerprint density at radius 3 is 2.33 bits per heavy atom. The van der Waals surface area contributed by atoms with Crippen LogP contribution in [0.3, 0.4) is 0 Å². The van der Waals surface area contributed by atoms with Crippen LogP contribution in [0.15, 0.2) is 0 Å². The second-order valence-electron chi connectivity index (χ2n) is 2.87. The second-order valence-corrected chi connectivity index (χ2v) is 2.87. The van der Waals surface area contributed by atoms with E-state index in [0.29, 0.717) is 0 Å². The minimum absolute atomic E-state index is 0.0279. The highest BCUT2D eigenvalue weighted by atomic mass is 16.7. The largest absolute Gasteiger partial charge is 0.469 e. The van der Waals surface area contributed by atoms with Crippen LogP contribution in [0.1, 0.15) is 6.42 Å². The molecule has 2 unspecified atom stereocenters.